The van der Waals surface area contributed by atoms with Crippen molar-refractivity contribution in [3.8, 4) is 5.75 Å². The van der Waals surface area contributed by atoms with E-state index in [0.29, 0.717) is 13.1 Å². The number of piperidine rings is 1. The highest BCUT2D eigenvalue weighted by Gasteiger charge is 2.28. The van der Waals surface area contributed by atoms with Crippen molar-refractivity contribution >= 4 is 17.5 Å². The molecule has 0 radical (unpaired) electrons. The summed E-state index contributed by atoms with van der Waals surface area (Å²) in [7, 11) is 1.65. The fourth-order valence-electron chi connectivity index (χ4n) is 3.67. The average molecular weight is 331 g/mol. The Balaban J connectivity index is 1.69. The molecular formula is C18H25N3O3. The molecule has 0 spiro atoms. The molecule has 1 fully saturated rings. The van der Waals surface area contributed by atoms with Crippen LogP contribution in [0.15, 0.2) is 18.2 Å². The van der Waals surface area contributed by atoms with Gasteiger partial charge in [-0.15, -0.1) is 0 Å². The fraction of sp³-hybridized carbons (Fsp3) is 0.556. The number of benzene rings is 1. The molecule has 1 saturated heterocycles. The molecule has 0 aromatic heterocycles. The van der Waals surface area contributed by atoms with Crippen LogP contribution >= 0.6 is 0 Å². The van der Waals surface area contributed by atoms with Crippen LogP contribution in [0.3, 0.4) is 0 Å². The number of carbonyl (C=O) groups is 2. The molecule has 0 aliphatic carbocycles. The summed E-state index contributed by atoms with van der Waals surface area (Å²) in [5.41, 5.74) is 7.56. The van der Waals surface area contributed by atoms with Crippen LogP contribution in [0, 0.1) is 5.92 Å². The SMILES string of the molecule is COc1ccc2c(c1)CCCN2C(=O)CN1CCC[C@H](C(N)=O)C1. The maximum absolute atomic E-state index is 12.8. The molecule has 0 bridgehead atoms. The van der Waals surface area contributed by atoms with E-state index in [4.69, 9.17) is 10.5 Å². The highest BCUT2D eigenvalue weighted by Crippen LogP contribution is 2.30. The molecule has 1 atom stereocenters. The van der Waals surface area contributed by atoms with Gasteiger partial charge in [-0.25, -0.2) is 0 Å². The maximum Gasteiger partial charge on any atom is 0.241 e. The first-order valence-corrected chi connectivity index (χ1v) is 8.57. The zero-order valence-electron chi connectivity index (χ0n) is 14.2. The van der Waals surface area contributed by atoms with Crippen LogP contribution in [0.2, 0.25) is 0 Å². The number of fused-ring (bicyclic) bond motifs is 1. The lowest BCUT2D eigenvalue weighted by Crippen LogP contribution is -2.47. The lowest BCUT2D eigenvalue weighted by Gasteiger charge is -2.34. The Bertz CT molecular complexity index is 632. The number of anilines is 1. The van der Waals surface area contributed by atoms with Crippen LogP contribution in [0.25, 0.3) is 0 Å². The van der Waals surface area contributed by atoms with Crippen molar-refractivity contribution in [1.29, 1.82) is 0 Å². The van der Waals surface area contributed by atoms with E-state index in [9.17, 15) is 9.59 Å². The van der Waals surface area contributed by atoms with Crippen molar-refractivity contribution < 1.29 is 14.3 Å². The Morgan fingerprint density at radius 3 is 2.88 bits per heavy atom. The first-order valence-electron chi connectivity index (χ1n) is 8.57. The van der Waals surface area contributed by atoms with Gasteiger partial charge in [0.05, 0.1) is 19.6 Å². The third kappa shape index (κ3) is 3.53. The Labute approximate surface area is 142 Å². The van der Waals surface area contributed by atoms with Crippen LogP contribution in [0.4, 0.5) is 5.69 Å². The van der Waals surface area contributed by atoms with Crippen LogP contribution in [-0.2, 0) is 16.0 Å². The minimum Gasteiger partial charge on any atom is -0.497 e. The smallest absolute Gasteiger partial charge is 0.241 e. The summed E-state index contributed by atoms with van der Waals surface area (Å²) >= 11 is 0. The molecule has 2 heterocycles. The number of methoxy groups -OCH3 is 1. The standard InChI is InChI=1S/C18H25N3O3/c1-24-15-6-7-16-13(10-15)4-3-9-21(16)17(22)12-20-8-2-5-14(11-20)18(19)23/h6-7,10,14H,2-5,8-9,11-12H2,1H3,(H2,19,23)/t14-/m0/s1. The average Bonchev–Trinajstić information content (AvgIpc) is 2.60. The number of nitrogens with zero attached hydrogens (tertiary/aromatic N) is 2. The molecule has 0 saturated carbocycles. The summed E-state index contributed by atoms with van der Waals surface area (Å²) in [6.07, 6.45) is 3.65. The molecule has 24 heavy (non-hydrogen) atoms. The molecule has 6 nitrogen and oxygen atoms in total. The fourth-order valence-corrected chi connectivity index (χ4v) is 3.67. The van der Waals surface area contributed by atoms with E-state index >= 15 is 0 Å². The largest absolute Gasteiger partial charge is 0.497 e. The molecule has 3 rings (SSSR count). The Kier molecular flexibility index (Phi) is 5.04. The van der Waals surface area contributed by atoms with Gasteiger partial charge in [0, 0.05) is 18.8 Å². The summed E-state index contributed by atoms with van der Waals surface area (Å²) < 4.78 is 5.28. The highest BCUT2D eigenvalue weighted by atomic mass is 16.5. The van der Waals surface area contributed by atoms with E-state index in [-0.39, 0.29) is 17.7 Å². The quantitative estimate of drug-likeness (QED) is 0.899. The molecule has 2 amide bonds. The van der Waals surface area contributed by atoms with Crippen LogP contribution < -0.4 is 15.4 Å². The molecule has 2 aliphatic rings. The number of amides is 2. The molecule has 1 aromatic carbocycles. The lowest BCUT2D eigenvalue weighted by atomic mass is 9.97. The van der Waals surface area contributed by atoms with E-state index < -0.39 is 0 Å². The van der Waals surface area contributed by atoms with Crippen LogP contribution in [0.1, 0.15) is 24.8 Å². The molecular weight excluding hydrogens is 306 g/mol. The van der Waals surface area contributed by atoms with Crippen molar-refractivity contribution in [2.24, 2.45) is 11.7 Å². The normalized spacial score (nSPS) is 21.2. The molecule has 6 heteroatoms. The number of carbonyl (C=O) groups excluding carboxylic acids is 2. The second-order valence-corrected chi connectivity index (χ2v) is 6.62. The third-order valence-corrected chi connectivity index (χ3v) is 4.97. The van der Waals surface area contributed by atoms with E-state index in [1.807, 2.05) is 23.1 Å². The number of rotatable bonds is 4. The second kappa shape index (κ2) is 7.21. The third-order valence-electron chi connectivity index (χ3n) is 4.97. The Hall–Kier alpha value is -2.08. The first kappa shape index (κ1) is 16.8. The Morgan fingerprint density at radius 1 is 1.29 bits per heavy atom. The van der Waals surface area contributed by atoms with E-state index in [2.05, 4.69) is 4.90 Å². The van der Waals surface area contributed by atoms with E-state index in [1.54, 1.807) is 7.11 Å². The second-order valence-electron chi connectivity index (χ2n) is 6.62. The van der Waals surface area contributed by atoms with Gasteiger partial charge in [-0.3, -0.25) is 14.5 Å². The zero-order chi connectivity index (χ0) is 17.1. The number of hydrogen-bond acceptors (Lipinski definition) is 4. The number of primary amides is 1. The number of nitrogens with two attached hydrogens (primary N) is 1. The predicted molar refractivity (Wildman–Crippen MR) is 92.0 cm³/mol. The lowest BCUT2D eigenvalue weighted by molar-refractivity contribution is -0.125. The van der Waals surface area contributed by atoms with Gasteiger partial charge in [0.25, 0.3) is 0 Å². The van der Waals surface area contributed by atoms with Gasteiger partial charge >= 0.3 is 0 Å². The van der Waals surface area contributed by atoms with Crippen LogP contribution in [-0.4, -0.2) is 50.0 Å². The van der Waals surface area contributed by atoms with Crippen molar-refractivity contribution in [2.75, 3.05) is 38.2 Å². The molecule has 0 unspecified atom stereocenters. The summed E-state index contributed by atoms with van der Waals surface area (Å²) in [4.78, 5) is 28.1. The topological polar surface area (TPSA) is 75.9 Å². The summed E-state index contributed by atoms with van der Waals surface area (Å²) in [6.45, 7) is 2.52. The summed E-state index contributed by atoms with van der Waals surface area (Å²) in [6, 6.07) is 5.88. The van der Waals surface area contributed by atoms with Crippen molar-refractivity contribution in [2.45, 2.75) is 25.7 Å². The zero-order valence-corrected chi connectivity index (χ0v) is 14.2. The first-order chi connectivity index (χ1) is 11.6. The summed E-state index contributed by atoms with van der Waals surface area (Å²) in [5.74, 6) is 0.515. The van der Waals surface area contributed by atoms with Gasteiger partial charge in [-0.05, 0) is 56.0 Å². The van der Waals surface area contributed by atoms with Crippen molar-refractivity contribution in [3.05, 3.63) is 23.8 Å². The highest BCUT2D eigenvalue weighted by molar-refractivity contribution is 5.96. The number of hydrogen-bond donors (Lipinski definition) is 1. The number of likely N-dealkylation sites (tertiary alicyclic amines) is 1. The van der Waals surface area contributed by atoms with Gasteiger partial charge < -0.3 is 15.4 Å². The van der Waals surface area contributed by atoms with Gasteiger partial charge in [-0.1, -0.05) is 0 Å². The van der Waals surface area contributed by atoms with E-state index in [1.165, 1.54) is 0 Å². The maximum atomic E-state index is 12.8. The van der Waals surface area contributed by atoms with Crippen molar-refractivity contribution in [3.63, 3.8) is 0 Å². The molecule has 2 aliphatic heterocycles. The molecule has 2 N–H and O–H groups in total. The molecule has 1 aromatic rings. The minimum absolute atomic E-state index is 0.0891. The van der Waals surface area contributed by atoms with E-state index in [0.717, 1.165) is 55.8 Å². The number of aryl methyl sites for hydroxylation is 1. The summed E-state index contributed by atoms with van der Waals surface area (Å²) in [5, 5.41) is 0. The predicted octanol–water partition coefficient (Wildman–Crippen LogP) is 1.17. The van der Waals surface area contributed by atoms with Gasteiger partial charge in [0.2, 0.25) is 11.8 Å². The molecule has 130 valence electrons. The van der Waals surface area contributed by atoms with Crippen LogP contribution in [0.5, 0.6) is 5.75 Å². The van der Waals surface area contributed by atoms with Crippen molar-refractivity contribution in [1.82, 2.24) is 4.90 Å². The Morgan fingerprint density at radius 2 is 2.12 bits per heavy atom. The number of ether oxygens (including phenoxy) is 1. The monoisotopic (exact) mass is 331 g/mol. The van der Waals surface area contributed by atoms with Gasteiger partial charge in [0.1, 0.15) is 5.75 Å². The van der Waals surface area contributed by atoms with Gasteiger partial charge in [-0.2, -0.15) is 0 Å². The minimum atomic E-state index is -0.262. The van der Waals surface area contributed by atoms with Gasteiger partial charge in [0.15, 0.2) is 0 Å².